The maximum Gasteiger partial charge on any atom is 0.331 e. The van der Waals surface area contributed by atoms with E-state index in [2.05, 4.69) is 10.7 Å². The predicted molar refractivity (Wildman–Crippen MR) is 48.0 cm³/mol. The number of rotatable bonds is 3. The molecule has 3 heteroatoms. The van der Waals surface area contributed by atoms with E-state index >= 15 is 0 Å². The zero-order chi connectivity index (χ0) is 9.73. The second-order valence-electron chi connectivity index (χ2n) is 3.21. The molecule has 0 aromatic rings. The lowest BCUT2D eigenvalue weighted by Gasteiger charge is -2.21. The fraction of sp³-hybridized carbons (Fsp3) is 0.700. The van der Waals surface area contributed by atoms with E-state index in [-0.39, 0.29) is 12.6 Å². The summed E-state index contributed by atoms with van der Waals surface area (Å²) in [6.07, 6.45) is 9.21. The summed E-state index contributed by atoms with van der Waals surface area (Å²) in [5.41, 5.74) is -0.506. The van der Waals surface area contributed by atoms with E-state index in [4.69, 9.17) is 11.2 Å². The van der Waals surface area contributed by atoms with E-state index in [9.17, 15) is 4.79 Å². The van der Waals surface area contributed by atoms with Crippen LogP contribution in [0.1, 0.15) is 25.7 Å². The highest BCUT2D eigenvalue weighted by atomic mass is 16.6. The van der Waals surface area contributed by atoms with Crippen molar-refractivity contribution in [1.29, 1.82) is 0 Å². The molecule has 0 aliphatic heterocycles. The summed E-state index contributed by atoms with van der Waals surface area (Å²) in [4.78, 5) is 10.8. The van der Waals surface area contributed by atoms with Gasteiger partial charge in [0.15, 0.2) is 0 Å². The van der Waals surface area contributed by atoms with Crippen LogP contribution >= 0.6 is 0 Å². The van der Waals surface area contributed by atoms with Gasteiger partial charge in [-0.05, 0) is 25.7 Å². The molecular formula is C10H14O3. The Hall–Kier alpha value is -1.01. The summed E-state index contributed by atoms with van der Waals surface area (Å²) in [7, 11) is 1.34. The van der Waals surface area contributed by atoms with Crippen LogP contribution in [0, 0.1) is 12.3 Å². The highest BCUT2D eigenvalue weighted by Gasteiger charge is 2.33. The molecule has 0 unspecified atom stereocenters. The van der Waals surface area contributed by atoms with E-state index in [0.717, 1.165) is 25.7 Å². The number of carbonyl (C=O) groups is 1. The van der Waals surface area contributed by atoms with Crippen LogP contribution in [0.15, 0.2) is 0 Å². The number of esters is 1. The van der Waals surface area contributed by atoms with Crippen LogP contribution in [-0.2, 0) is 14.3 Å². The van der Waals surface area contributed by atoms with Crippen LogP contribution in [0.25, 0.3) is 0 Å². The van der Waals surface area contributed by atoms with Crippen molar-refractivity contribution in [3.05, 3.63) is 0 Å². The lowest BCUT2D eigenvalue weighted by atomic mass is 10.0. The van der Waals surface area contributed by atoms with Gasteiger partial charge in [0.25, 0.3) is 0 Å². The second kappa shape index (κ2) is 4.29. The standard InChI is InChI=1S/C10H14O3/c1-3-10(6-4-5-7-10)13-8-9(11)12-2/h1H,4-8H2,2H3. The number of hydrogen-bond donors (Lipinski definition) is 0. The Morgan fingerprint density at radius 1 is 1.54 bits per heavy atom. The van der Waals surface area contributed by atoms with Crippen molar-refractivity contribution in [2.75, 3.05) is 13.7 Å². The Morgan fingerprint density at radius 3 is 2.62 bits per heavy atom. The maximum absolute atomic E-state index is 10.8. The number of methoxy groups -OCH3 is 1. The molecule has 0 aromatic carbocycles. The van der Waals surface area contributed by atoms with Gasteiger partial charge in [0.05, 0.1) is 7.11 Å². The molecule has 1 fully saturated rings. The molecule has 1 aliphatic carbocycles. The Morgan fingerprint density at radius 2 is 2.15 bits per heavy atom. The number of carbonyl (C=O) groups excluding carboxylic acids is 1. The molecule has 1 rings (SSSR count). The maximum atomic E-state index is 10.8. The average molecular weight is 182 g/mol. The zero-order valence-corrected chi connectivity index (χ0v) is 7.84. The van der Waals surface area contributed by atoms with Crippen molar-refractivity contribution in [2.24, 2.45) is 0 Å². The van der Waals surface area contributed by atoms with Gasteiger partial charge in [-0.15, -0.1) is 6.42 Å². The van der Waals surface area contributed by atoms with Crippen LogP contribution in [0.5, 0.6) is 0 Å². The van der Waals surface area contributed by atoms with Gasteiger partial charge in [-0.25, -0.2) is 4.79 Å². The second-order valence-corrected chi connectivity index (χ2v) is 3.21. The third-order valence-electron chi connectivity index (χ3n) is 2.37. The lowest BCUT2D eigenvalue weighted by molar-refractivity contribution is -0.150. The van der Waals surface area contributed by atoms with Crippen LogP contribution in [0.3, 0.4) is 0 Å². The van der Waals surface area contributed by atoms with Crippen molar-refractivity contribution >= 4 is 5.97 Å². The van der Waals surface area contributed by atoms with Crippen molar-refractivity contribution in [2.45, 2.75) is 31.3 Å². The van der Waals surface area contributed by atoms with Crippen molar-refractivity contribution < 1.29 is 14.3 Å². The fourth-order valence-electron chi connectivity index (χ4n) is 1.53. The minimum Gasteiger partial charge on any atom is -0.467 e. The number of ether oxygens (including phenoxy) is 2. The van der Waals surface area contributed by atoms with E-state index in [1.165, 1.54) is 7.11 Å². The normalized spacial score (nSPS) is 19.4. The van der Waals surface area contributed by atoms with Gasteiger partial charge in [-0.2, -0.15) is 0 Å². The fourth-order valence-corrected chi connectivity index (χ4v) is 1.53. The molecular weight excluding hydrogens is 168 g/mol. The van der Waals surface area contributed by atoms with E-state index in [1.54, 1.807) is 0 Å². The Bertz CT molecular complexity index is 221. The zero-order valence-electron chi connectivity index (χ0n) is 7.84. The Kier molecular flexibility index (Phi) is 3.32. The highest BCUT2D eigenvalue weighted by molar-refractivity contribution is 5.70. The minimum absolute atomic E-state index is 0.0410. The summed E-state index contributed by atoms with van der Waals surface area (Å²) >= 11 is 0. The lowest BCUT2D eigenvalue weighted by Crippen LogP contribution is -2.29. The monoisotopic (exact) mass is 182 g/mol. The first kappa shape index (κ1) is 10.1. The van der Waals surface area contributed by atoms with Crippen LogP contribution in [-0.4, -0.2) is 25.3 Å². The molecule has 0 saturated heterocycles. The molecule has 0 amide bonds. The first-order chi connectivity index (χ1) is 6.22. The summed E-state index contributed by atoms with van der Waals surface area (Å²) in [5.74, 6) is 2.25. The van der Waals surface area contributed by atoms with Crippen LogP contribution in [0.2, 0.25) is 0 Å². The van der Waals surface area contributed by atoms with Crippen molar-refractivity contribution in [3.8, 4) is 12.3 Å². The smallest absolute Gasteiger partial charge is 0.331 e. The number of terminal acetylenes is 1. The first-order valence-electron chi connectivity index (χ1n) is 4.41. The van der Waals surface area contributed by atoms with Gasteiger partial charge in [-0.1, -0.05) is 5.92 Å². The SMILES string of the molecule is C#CC1(OCC(=O)OC)CCCC1. The summed E-state index contributed by atoms with van der Waals surface area (Å²) < 4.78 is 9.85. The van der Waals surface area contributed by atoms with Crippen molar-refractivity contribution in [1.82, 2.24) is 0 Å². The van der Waals surface area contributed by atoms with E-state index < -0.39 is 5.60 Å². The largest absolute Gasteiger partial charge is 0.467 e. The summed E-state index contributed by atoms with van der Waals surface area (Å²) in [6.45, 7) is -0.0410. The Balaban J connectivity index is 2.41. The van der Waals surface area contributed by atoms with Crippen LogP contribution < -0.4 is 0 Å². The molecule has 72 valence electrons. The molecule has 0 bridgehead atoms. The van der Waals surface area contributed by atoms with Gasteiger partial charge < -0.3 is 9.47 Å². The topological polar surface area (TPSA) is 35.5 Å². The molecule has 1 saturated carbocycles. The van der Waals surface area contributed by atoms with Gasteiger partial charge >= 0.3 is 5.97 Å². The molecule has 3 nitrogen and oxygen atoms in total. The average Bonchev–Trinajstić information content (AvgIpc) is 2.63. The Labute approximate surface area is 78.4 Å². The molecule has 0 atom stereocenters. The van der Waals surface area contributed by atoms with Gasteiger partial charge in [0.2, 0.25) is 0 Å². The van der Waals surface area contributed by atoms with Crippen molar-refractivity contribution in [3.63, 3.8) is 0 Å². The molecule has 0 N–H and O–H groups in total. The van der Waals surface area contributed by atoms with E-state index in [0.29, 0.717) is 0 Å². The predicted octanol–water partition coefficient (Wildman–Crippen LogP) is 1.12. The molecule has 13 heavy (non-hydrogen) atoms. The summed E-state index contributed by atoms with van der Waals surface area (Å²) in [6, 6.07) is 0. The van der Waals surface area contributed by atoms with Gasteiger partial charge in [0, 0.05) is 0 Å². The summed E-state index contributed by atoms with van der Waals surface area (Å²) in [5, 5.41) is 0. The molecule has 0 heterocycles. The van der Waals surface area contributed by atoms with E-state index in [1.807, 2.05) is 0 Å². The molecule has 0 aromatic heterocycles. The number of hydrogen-bond acceptors (Lipinski definition) is 3. The third kappa shape index (κ3) is 2.46. The molecule has 0 radical (unpaired) electrons. The van der Waals surface area contributed by atoms with Crippen LogP contribution in [0.4, 0.5) is 0 Å². The minimum atomic E-state index is -0.506. The van der Waals surface area contributed by atoms with Gasteiger partial charge in [0.1, 0.15) is 12.2 Å². The molecule has 1 aliphatic rings. The third-order valence-corrected chi connectivity index (χ3v) is 2.37. The first-order valence-corrected chi connectivity index (χ1v) is 4.41. The quantitative estimate of drug-likeness (QED) is 0.484. The van der Waals surface area contributed by atoms with Gasteiger partial charge in [-0.3, -0.25) is 0 Å². The highest BCUT2D eigenvalue weighted by Crippen LogP contribution is 2.32. The molecule has 0 spiro atoms.